The van der Waals surface area contributed by atoms with Crippen molar-refractivity contribution in [3.63, 3.8) is 0 Å². The summed E-state index contributed by atoms with van der Waals surface area (Å²) in [5.41, 5.74) is 0.0668. The SMILES string of the molecule is CCS(=O)(=O)c1cccnc1-c1cnc(OC(F)C(F)C(F)F)cn1. The quantitative estimate of drug-likeness (QED) is 0.688. The largest absolute Gasteiger partial charge is 0.439 e. The molecule has 0 aromatic carbocycles. The van der Waals surface area contributed by atoms with Crippen LogP contribution < -0.4 is 4.74 Å². The minimum Gasteiger partial charge on any atom is -0.439 e. The van der Waals surface area contributed by atoms with E-state index in [2.05, 4.69) is 19.7 Å². The van der Waals surface area contributed by atoms with Gasteiger partial charge in [0.15, 0.2) is 9.84 Å². The second kappa shape index (κ2) is 7.72. The van der Waals surface area contributed by atoms with E-state index in [0.29, 0.717) is 0 Å². The first kappa shape index (κ1) is 19.0. The van der Waals surface area contributed by atoms with Gasteiger partial charge in [0.05, 0.1) is 23.0 Å². The van der Waals surface area contributed by atoms with Gasteiger partial charge in [0.1, 0.15) is 11.4 Å². The Morgan fingerprint density at radius 1 is 1.12 bits per heavy atom. The fraction of sp³-hybridized carbons (Fsp3) is 0.357. The van der Waals surface area contributed by atoms with Crippen LogP contribution in [0, 0.1) is 0 Å². The predicted molar refractivity (Wildman–Crippen MR) is 79.4 cm³/mol. The van der Waals surface area contributed by atoms with Crippen LogP contribution in [0.5, 0.6) is 5.88 Å². The zero-order chi connectivity index (χ0) is 18.6. The van der Waals surface area contributed by atoms with Gasteiger partial charge in [-0.15, -0.1) is 0 Å². The van der Waals surface area contributed by atoms with Crippen LogP contribution in [0.25, 0.3) is 11.4 Å². The number of ether oxygens (including phenoxy) is 1. The van der Waals surface area contributed by atoms with E-state index < -0.39 is 34.7 Å². The fourth-order valence-electron chi connectivity index (χ4n) is 1.78. The average molecular weight is 379 g/mol. The Labute approximate surface area is 140 Å². The van der Waals surface area contributed by atoms with E-state index in [9.17, 15) is 26.0 Å². The summed E-state index contributed by atoms with van der Waals surface area (Å²) in [6, 6.07) is 2.79. The van der Waals surface area contributed by atoms with Crippen LogP contribution in [-0.4, -0.2) is 48.1 Å². The molecule has 0 saturated heterocycles. The van der Waals surface area contributed by atoms with Crippen LogP contribution in [0.3, 0.4) is 0 Å². The molecule has 136 valence electrons. The van der Waals surface area contributed by atoms with E-state index in [1.54, 1.807) is 0 Å². The van der Waals surface area contributed by atoms with Crippen LogP contribution in [0.2, 0.25) is 0 Å². The first-order chi connectivity index (χ1) is 11.8. The summed E-state index contributed by atoms with van der Waals surface area (Å²) >= 11 is 0. The molecule has 11 heteroatoms. The van der Waals surface area contributed by atoms with Crippen molar-refractivity contribution in [3.05, 3.63) is 30.7 Å². The maximum Gasteiger partial charge on any atom is 0.276 e. The molecule has 6 nitrogen and oxygen atoms in total. The summed E-state index contributed by atoms with van der Waals surface area (Å²) in [5.74, 6) is -0.689. The highest BCUT2D eigenvalue weighted by Crippen LogP contribution is 2.25. The second-order valence-electron chi connectivity index (χ2n) is 4.74. The average Bonchev–Trinajstić information content (AvgIpc) is 2.61. The molecule has 0 aliphatic rings. The highest BCUT2D eigenvalue weighted by molar-refractivity contribution is 7.91. The van der Waals surface area contributed by atoms with Gasteiger partial charge in [-0.3, -0.25) is 4.98 Å². The van der Waals surface area contributed by atoms with Crippen molar-refractivity contribution >= 4 is 9.84 Å². The monoisotopic (exact) mass is 379 g/mol. The lowest BCUT2D eigenvalue weighted by molar-refractivity contribution is -0.0768. The third-order valence-electron chi connectivity index (χ3n) is 3.08. The number of sulfone groups is 1. The topological polar surface area (TPSA) is 82.0 Å². The molecule has 2 heterocycles. The van der Waals surface area contributed by atoms with Crippen LogP contribution in [0.1, 0.15) is 6.92 Å². The molecular formula is C14H13F4N3O3S. The Bertz CT molecular complexity index is 818. The van der Waals surface area contributed by atoms with E-state index >= 15 is 0 Å². The minimum atomic E-state index is -3.58. The second-order valence-corrected chi connectivity index (χ2v) is 6.99. The highest BCUT2D eigenvalue weighted by atomic mass is 32.2. The smallest absolute Gasteiger partial charge is 0.276 e. The number of alkyl halides is 4. The summed E-state index contributed by atoms with van der Waals surface area (Å²) < 4.78 is 78.6. The van der Waals surface area contributed by atoms with Gasteiger partial charge in [-0.2, -0.15) is 4.39 Å². The highest BCUT2D eigenvalue weighted by Gasteiger charge is 2.32. The standard InChI is InChI=1S/C14H13F4N3O3S/c1-2-25(22,23)9-4-3-5-19-12(9)8-6-21-10(7-20-8)24-14(18)11(15)13(16)17/h3-7,11,13-14H,2H2,1H3. The third-order valence-corrected chi connectivity index (χ3v) is 4.84. The van der Waals surface area contributed by atoms with E-state index in [4.69, 9.17) is 0 Å². The molecule has 0 amide bonds. The molecular weight excluding hydrogens is 366 g/mol. The molecule has 2 aromatic heterocycles. The van der Waals surface area contributed by atoms with Gasteiger partial charge in [-0.05, 0) is 12.1 Å². The molecule has 0 spiro atoms. The van der Waals surface area contributed by atoms with Gasteiger partial charge in [0.2, 0.25) is 12.1 Å². The number of aromatic nitrogens is 3. The Morgan fingerprint density at radius 2 is 1.84 bits per heavy atom. The minimum absolute atomic E-state index is 0.0242. The zero-order valence-corrected chi connectivity index (χ0v) is 13.6. The number of rotatable bonds is 7. The maximum absolute atomic E-state index is 13.2. The normalized spacial score (nSPS) is 14.3. The summed E-state index contributed by atoms with van der Waals surface area (Å²) in [4.78, 5) is 11.3. The van der Waals surface area contributed by atoms with E-state index in [1.807, 2.05) is 0 Å². The molecule has 0 bridgehead atoms. The van der Waals surface area contributed by atoms with E-state index in [1.165, 1.54) is 25.3 Å². The molecule has 0 fully saturated rings. The number of halogens is 4. The van der Waals surface area contributed by atoms with Crippen LogP contribution in [0.15, 0.2) is 35.6 Å². The Kier molecular flexibility index (Phi) is 5.88. The molecule has 0 aliphatic carbocycles. The van der Waals surface area contributed by atoms with Crippen LogP contribution in [0.4, 0.5) is 17.6 Å². The van der Waals surface area contributed by atoms with Gasteiger partial charge in [0.25, 0.3) is 12.8 Å². The Balaban J connectivity index is 2.27. The molecule has 2 rings (SSSR count). The van der Waals surface area contributed by atoms with Gasteiger partial charge in [0, 0.05) is 6.20 Å². The van der Waals surface area contributed by atoms with Crippen molar-refractivity contribution in [1.82, 2.24) is 15.0 Å². The van der Waals surface area contributed by atoms with Crippen molar-refractivity contribution in [2.45, 2.75) is 30.8 Å². The lowest BCUT2D eigenvalue weighted by atomic mass is 10.3. The fourth-order valence-corrected chi connectivity index (χ4v) is 2.83. The molecule has 0 saturated carbocycles. The molecule has 0 aliphatic heterocycles. The van der Waals surface area contributed by atoms with Gasteiger partial charge < -0.3 is 4.74 Å². The van der Waals surface area contributed by atoms with Gasteiger partial charge in [-0.1, -0.05) is 6.92 Å². The Morgan fingerprint density at radius 3 is 2.40 bits per heavy atom. The predicted octanol–water partition coefficient (Wildman–Crippen LogP) is 2.61. The van der Waals surface area contributed by atoms with Crippen LogP contribution in [-0.2, 0) is 9.84 Å². The number of nitrogens with zero attached hydrogens (tertiary/aromatic N) is 3. The summed E-state index contributed by atoms with van der Waals surface area (Å²) in [7, 11) is -3.58. The first-order valence-corrected chi connectivity index (χ1v) is 8.64. The molecule has 2 atom stereocenters. The molecule has 2 unspecified atom stereocenters. The van der Waals surface area contributed by atoms with Crippen molar-refractivity contribution in [2.75, 3.05) is 5.75 Å². The zero-order valence-electron chi connectivity index (χ0n) is 12.8. The molecule has 25 heavy (non-hydrogen) atoms. The first-order valence-electron chi connectivity index (χ1n) is 6.99. The summed E-state index contributed by atoms with van der Waals surface area (Å²) in [5, 5.41) is 0. The maximum atomic E-state index is 13.2. The third kappa shape index (κ3) is 4.41. The number of pyridine rings is 1. The molecule has 0 radical (unpaired) electrons. The lowest BCUT2D eigenvalue weighted by Gasteiger charge is -2.14. The Hall–Kier alpha value is -2.30. The van der Waals surface area contributed by atoms with E-state index in [-0.39, 0.29) is 22.0 Å². The lowest BCUT2D eigenvalue weighted by Crippen LogP contribution is -2.30. The van der Waals surface area contributed by atoms with Gasteiger partial charge in [-0.25, -0.2) is 31.6 Å². The van der Waals surface area contributed by atoms with Crippen LogP contribution >= 0.6 is 0 Å². The van der Waals surface area contributed by atoms with Crippen molar-refractivity contribution in [3.8, 4) is 17.3 Å². The number of hydrogen-bond acceptors (Lipinski definition) is 6. The molecule has 0 N–H and O–H groups in total. The van der Waals surface area contributed by atoms with Crippen molar-refractivity contribution < 1.29 is 30.7 Å². The van der Waals surface area contributed by atoms with Crippen molar-refractivity contribution in [1.29, 1.82) is 0 Å². The van der Waals surface area contributed by atoms with Crippen molar-refractivity contribution in [2.24, 2.45) is 0 Å². The summed E-state index contributed by atoms with van der Waals surface area (Å²) in [6.45, 7) is 1.46. The molecule has 2 aromatic rings. The number of hydrogen-bond donors (Lipinski definition) is 0. The van der Waals surface area contributed by atoms with Gasteiger partial charge >= 0.3 is 0 Å². The van der Waals surface area contributed by atoms with E-state index in [0.717, 1.165) is 12.4 Å². The summed E-state index contributed by atoms with van der Waals surface area (Å²) in [6.07, 6.45) is -6.35.